The average Bonchev–Trinajstić information content (AvgIpc) is 3.07. The van der Waals surface area contributed by atoms with Gasteiger partial charge in [-0.1, -0.05) is 48.5 Å². The number of ether oxygens (including phenoxy) is 1. The van der Waals surface area contributed by atoms with Crippen molar-refractivity contribution < 1.29 is 19.4 Å². The van der Waals surface area contributed by atoms with Crippen LogP contribution in [0.25, 0.3) is 11.1 Å². The number of fused-ring (bicyclic) bond motifs is 6. The number of amides is 1. The molecule has 2 bridgehead atoms. The molecule has 4 aliphatic rings. The molecule has 29 heavy (non-hydrogen) atoms. The molecule has 0 spiro atoms. The van der Waals surface area contributed by atoms with Crippen molar-refractivity contribution in [2.24, 2.45) is 11.8 Å². The van der Waals surface area contributed by atoms with Gasteiger partial charge in [-0.15, -0.1) is 0 Å². The van der Waals surface area contributed by atoms with Crippen molar-refractivity contribution in [3.63, 3.8) is 0 Å². The zero-order valence-electron chi connectivity index (χ0n) is 16.3. The van der Waals surface area contributed by atoms with Gasteiger partial charge in [0.2, 0.25) is 0 Å². The maximum atomic E-state index is 12.7. The first kappa shape index (κ1) is 18.2. The van der Waals surface area contributed by atoms with Crippen molar-refractivity contribution in [2.75, 3.05) is 6.61 Å². The molecule has 2 aromatic rings. The van der Waals surface area contributed by atoms with Gasteiger partial charge >= 0.3 is 12.1 Å². The molecule has 150 valence electrons. The summed E-state index contributed by atoms with van der Waals surface area (Å²) in [6.07, 6.45) is 3.73. The molecule has 0 aromatic heterocycles. The van der Waals surface area contributed by atoms with Gasteiger partial charge in [0.15, 0.2) is 0 Å². The lowest BCUT2D eigenvalue weighted by Gasteiger charge is -2.48. The predicted molar refractivity (Wildman–Crippen MR) is 109 cm³/mol. The number of carboxylic acid groups (broad SMARTS) is 1. The summed E-state index contributed by atoms with van der Waals surface area (Å²) in [7, 11) is 0. The van der Waals surface area contributed by atoms with E-state index in [0.717, 1.165) is 36.8 Å². The van der Waals surface area contributed by atoms with Gasteiger partial charge in [-0.05, 0) is 66.2 Å². The lowest BCUT2D eigenvalue weighted by atomic mass is 9.60. The first-order chi connectivity index (χ1) is 14.1. The molecule has 0 aliphatic heterocycles. The summed E-state index contributed by atoms with van der Waals surface area (Å²) in [5.74, 6) is -0.590. The third kappa shape index (κ3) is 2.91. The normalized spacial score (nSPS) is 27.2. The summed E-state index contributed by atoms with van der Waals surface area (Å²) >= 11 is 0. The quantitative estimate of drug-likeness (QED) is 0.801. The molecule has 3 fully saturated rings. The molecule has 0 heterocycles. The van der Waals surface area contributed by atoms with Crippen LogP contribution < -0.4 is 5.32 Å². The largest absolute Gasteiger partial charge is 0.479 e. The number of hydrogen-bond acceptors (Lipinski definition) is 3. The smallest absolute Gasteiger partial charge is 0.408 e. The topological polar surface area (TPSA) is 75.6 Å². The van der Waals surface area contributed by atoms with E-state index in [0.29, 0.717) is 12.3 Å². The van der Waals surface area contributed by atoms with Crippen LogP contribution in [0.3, 0.4) is 0 Å². The Bertz CT molecular complexity index is 917. The third-order valence-corrected chi connectivity index (χ3v) is 7.20. The van der Waals surface area contributed by atoms with Crippen LogP contribution in [0.5, 0.6) is 0 Å². The molecule has 1 atom stereocenters. The van der Waals surface area contributed by atoms with E-state index >= 15 is 0 Å². The minimum absolute atomic E-state index is 0.00881. The fraction of sp³-hybridized carbons (Fsp3) is 0.417. The summed E-state index contributed by atoms with van der Waals surface area (Å²) in [4.78, 5) is 24.8. The van der Waals surface area contributed by atoms with E-state index in [9.17, 15) is 14.7 Å². The number of carboxylic acids is 1. The van der Waals surface area contributed by atoms with E-state index in [-0.39, 0.29) is 18.4 Å². The Hall–Kier alpha value is -2.82. The van der Waals surface area contributed by atoms with Gasteiger partial charge < -0.3 is 15.2 Å². The summed E-state index contributed by atoms with van der Waals surface area (Å²) in [5.41, 5.74) is 3.45. The second-order valence-electron chi connectivity index (χ2n) is 8.65. The van der Waals surface area contributed by atoms with Crippen LogP contribution in [0.1, 0.15) is 49.1 Å². The van der Waals surface area contributed by atoms with Gasteiger partial charge in [0.25, 0.3) is 0 Å². The van der Waals surface area contributed by atoms with Gasteiger partial charge in [0.05, 0.1) is 0 Å². The van der Waals surface area contributed by atoms with Crippen molar-refractivity contribution in [2.45, 2.75) is 43.6 Å². The Labute approximate surface area is 170 Å². The minimum Gasteiger partial charge on any atom is -0.479 e. The van der Waals surface area contributed by atoms with Gasteiger partial charge in [0.1, 0.15) is 12.1 Å². The van der Waals surface area contributed by atoms with Gasteiger partial charge in [-0.3, -0.25) is 0 Å². The molecule has 6 rings (SSSR count). The predicted octanol–water partition coefficient (Wildman–Crippen LogP) is 4.56. The molecule has 2 aromatic carbocycles. The second-order valence-corrected chi connectivity index (χ2v) is 8.65. The van der Waals surface area contributed by atoms with E-state index in [1.807, 2.05) is 24.3 Å². The highest BCUT2D eigenvalue weighted by Gasteiger charge is 2.54. The lowest BCUT2D eigenvalue weighted by Crippen LogP contribution is -2.63. The highest BCUT2D eigenvalue weighted by molar-refractivity contribution is 5.85. The van der Waals surface area contributed by atoms with Crippen LogP contribution in [0.4, 0.5) is 4.79 Å². The molecular weight excluding hydrogens is 366 g/mol. The van der Waals surface area contributed by atoms with Gasteiger partial charge in [-0.25, -0.2) is 9.59 Å². The number of carbonyl (C=O) groups excluding carboxylic acids is 1. The molecule has 5 nitrogen and oxygen atoms in total. The molecular formula is C24H25NO4. The molecule has 1 amide bonds. The van der Waals surface area contributed by atoms with Gasteiger partial charge in [-0.2, -0.15) is 0 Å². The maximum Gasteiger partial charge on any atom is 0.408 e. The zero-order valence-corrected chi connectivity index (χ0v) is 16.3. The number of nitrogens with one attached hydrogen (secondary N) is 1. The molecule has 0 unspecified atom stereocenters. The monoisotopic (exact) mass is 391 g/mol. The van der Waals surface area contributed by atoms with Crippen LogP contribution in [-0.4, -0.2) is 29.3 Å². The second kappa shape index (κ2) is 6.90. The van der Waals surface area contributed by atoms with E-state index in [1.165, 1.54) is 11.1 Å². The number of alkyl carbamates (subject to hydrolysis) is 1. The van der Waals surface area contributed by atoms with Crippen LogP contribution in [0, 0.1) is 11.8 Å². The number of hydrogen-bond donors (Lipinski definition) is 2. The Morgan fingerprint density at radius 1 is 0.966 bits per heavy atom. The summed E-state index contributed by atoms with van der Waals surface area (Å²) < 4.78 is 5.61. The van der Waals surface area contributed by atoms with Crippen LogP contribution >= 0.6 is 0 Å². The van der Waals surface area contributed by atoms with Crippen molar-refractivity contribution in [1.29, 1.82) is 0 Å². The van der Waals surface area contributed by atoms with Crippen molar-refractivity contribution in [1.82, 2.24) is 5.32 Å². The average molecular weight is 391 g/mol. The Morgan fingerprint density at radius 3 is 2.07 bits per heavy atom. The van der Waals surface area contributed by atoms with Crippen molar-refractivity contribution in [3.8, 4) is 11.1 Å². The minimum atomic E-state index is -1.18. The van der Waals surface area contributed by atoms with E-state index in [1.54, 1.807) is 0 Å². The maximum absolute atomic E-state index is 12.7. The Morgan fingerprint density at radius 2 is 1.55 bits per heavy atom. The number of rotatable bonds is 4. The molecule has 3 saturated carbocycles. The third-order valence-electron chi connectivity index (χ3n) is 7.20. The van der Waals surface area contributed by atoms with Crippen molar-refractivity contribution in [3.05, 3.63) is 59.7 Å². The number of aliphatic carboxylic acids is 1. The number of benzene rings is 2. The number of carbonyl (C=O) groups is 2. The molecule has 5 heteroatoms. The van der Waals surface area contributed by atoms with Crippen LogP contribution in [0.2, 0.25) is 0 Å². The Kier molecular flexibility index (Phi) is 4.34. The zero-order chi connectivity index (χ0) is 20.0. The summed E-state index contributed by atoms with van der Waals surface area (Å²) in [5, 5.41) is 12.7. The first-order valence-corrected chi connectivity index (χ1v) is 10.4. The SMILES string of the molecule is O=C(N[C@]1(C(=O)O)CC2CCC1CC2)OCC1c2ccccc2-c2ccccc21. The molecule has 0 saturated heterocycles. The highest BCUT2D eigenvalue weighted by Crippen LogP contribution is 2.48. The summed E-state index contributed by atoms with van der Waals surface area (Å²) in [6, 6.07) is 16.3. The van der Waals surface area contributed by atoms with Gasteiger partial charge in [0, 0.05) is 5.92 Å². The lowest BCUT2D eigenvalue weighted by molar-refractivity contribution is -0.152. The fourth-order valence-electron chi connectivity index (χ4n) is 5.77. The van der Waals surface area contributed by atoms with Crippen molar-refractivity contribution >= 4 is 12.1 Å². The van der Waals surface area contributed by atoms with E-state index in [2.05, 4.69) is 29.6 Å². The molecule has 0 radical (unpaired) electrons. The Balaban J connectivity index is 1.33. The first-order valence-electron chi connectivity index (χ1n) is 10.4. The summed E-state index contributed by atoms with van der Waals surface area (Å²) in [6.45, 7) is 0.198. The van der Waals surface area contributed by atoms with Crippen LogP contribution in [-0.2, 0) is 9.53 Å². The fourth-order valence-corrected chi connectivity index (χ4v) is 5.77. The molecule has 4 aliphatic carbocycles. The standard InChI is InChI=1S/C24H25NO4/c26-22(27)24(13-15-9-11-16(24)12-10-15)25-23(28)29-14-21-19-7-3-1-5-17(19)18-6-2-4-8-20(18)21/h1-8,15-16,21H,9-14H2,(H,25,28)(H,26,27)/t15?,16?,24-/m1/s1. The molecule has 2 N–H and O–H groups in total. The van der Waals surface area contributed by atoms with E-state index < -0.39 is 17.6 Å². The highest BCUT2D eigenvalue weighted by atomic mass is 16.5. The van der Waals surface area contributed by atoms with E-state index in [4.69, 9.17) is 4.74 Å². The van der Waals surface area contributed by atoms with Crippen LogP contribution in [0.15, 0.2) is 48.5 Å².